The van der Waals surface area contributed by atoms with Crippen LogP contribution in [0.25, 0.3) is 11.1 Å². The van der Waals surface area contributed by atoms with Crippen LogP contribution in [-0.4, -0.2) is 58.8 Å². The normalized spacial score (nSPS) is 15.2. The lowest BCUT2D eigenvalue weighted by Crippen LogP contribution is -2.51. The summed E-state index contributed by atoms with van der Waals surface area (Å²) in [6, 6.07) is 18.7. The molecular formula is C27H30N4O2. The van der Waals surface area contributed by atoms with Gasteiger partial charge in [-0.15, -0.1) is 0 Å². The molecule has 6 nitrogen and oxygen atoms in total. The van der Waals surface area contributed by atoms with Crippen molar-refractivity contribution in [3.8, 4) is 11.1 Å². The maximum absolute atomic E-state index is 13.4. The minimum Gasteiger partial charge on any atom is -0.348 e. The largest absolute Gasteiger partial charge is 0.348 e. The Kier molecular flexibility index (Phi) is 6.54. The van der Waals surface area contributed by atoms with Crippen molar-refractivity contribution in [2.24, 2.45) is 5.41 Å². The fraction of sp³-hybridized carbons (Fsp3) is 0.333. The highest BCUT2D eigenvalue weighted by atomic mass is 16.2. The lowest BCUT2D eigenvalue weighted by Gasteiger charge is -2.42. The fourth-order valence-electron chi connectivity index (χ4n) is 4.63. The molecule has 1 saturated heterocycles. The zero-order valence-electron chi connectivity index (χ0n) is 19.5. The van der Waals surface area contributed by atoms with E-state index < -0.39 is 5.41 Å². The maximum atomic E-state index is 13.4. The molecule has 0 unspecified atom stereocenters. The van der Waals surface area contributed by atoms with E-state index in [0.29, 0.717) is 38.0 Å². The third-order valence-electron chi connectivity index (χ3n) is 6.44. The number of aromatic nitrogens is 2. The van der Waals surface area contributed by atoms with Crippen molar-refractivity contribution < 1.29 is 9.59 Å². The van der Waals surface area contributed by atoms with Crippen molar-refractivity contribution in [2.45, 2.75) is 26.2 Å². The molecule has 0 aliphatic carbocycles. The average molecular weight is 443 g/mol. The van der Waals surface area contributed by atoms with Gasteiger partial charge >= 0.3 is 0 Å². The fourth-order valence-corrected chi connectivity index (χ4v) is 4.63. The molecule has 2 amide bonds. The number of piperidine rings is 1. The van der Waals surface area contributed by atoms with Crippen molar-refractivity contribution in [3.63, 3.8) is 0 Å². The van der Waals surface area contributed by atoms with Gasteiger partial charge in [-0.1, -0.05) is 54.6 Å². The Labute approximate surface area is 195 Å². The quantitative estimate of drug-likeness (QED) is 0.599. The molecule has 0 saturated carbocycles. The van der Waals surface area contributed by atoms with Crippen LogP contribution in [0.5, 0.6) is 0 Å². The third-order valence-corrected chi connectivity index (χ3v) is 6.44. The number of hydrogen-bond donors (Lipinski definition) is 0. The number of hydrogen-bond acceptors (Lipinski definition) is 4. The van der Waals surface area contributed by atoms with E-state index in [0.717, 1.165) is 22.4 Å². The van der Waals surface area contributed by atoms with Crippen molar-refractivity contribution in [3.05, 3.63) is 83.9 Å². The Hall–Kier alpha value is -3.54. The van der Waals surface area contributed by atoms with Crippen molar-refractivity contribution in [1.82, 2.24) is 19.8 Å². The van der Waals surface area contributed by atoms with Gasteiger partial charge in [-0.2, -0.15) is 0 Å². The molecule has 1 fully saturated rings. The Bertz CT molecular complexity index is 1120. The summed E-state index contributed by atoms with van der Waals surface area (Å²) in [5, 5.41) is 0. The van der Waals surface area contributed by atoms with Crippen LogP contribution in [0.4, 0.5) is 0 Å². The summed E-state index contributed by atoms with van der Waals surface area (Å²) in [6.45, 7) is 2.88. The number of carbonyl (C=O) groups excluding carboxylic acids is 2. The molecule has 1 aliphatic heterocycles. The van der Waals surface area contributed by atoms with E-state index in [1.54, 1.807) is 16.0 Å². The predicted octanol–water partition coefficient (Wildman–Crippen LogP) is 4.01. The molecule has 3 aromatic rings. The average Bonchev–Trinajstić information content (AvgIpc) is 2.84. The summed E-state index contributed by atoms with van der Waals surface area (Å²) in [6.07, 6.45) is 5.02. The van der Waals surface area contributed by atoms with E-state index in [-0.39, 0.29) is 11.8 Å². The predicted molar refractivity (Wildman–Crippen MR) is 129 cm³/mol. The number of likely N-dealkylation sites (tertiary alicyclic amines) is 1. The molecule has 0 spiro atoms. The van der Waals surface area contributed by atoms with Gasteiger partial charge in [0.05, 0.1) is 17.3 Å². The SMILES string of the molecule is Cc1cnc(C(=O)N2CCC(Cc3cccc(-c4ccccc4)c3)(C(=O)N(C)C)CC2)cn1. The zero-order chi connectivity index (χ0) is 23.4. The number of carbonyl (C=O) groups is 2. The number of amides is 2. The molecule has 1 aromatic heterocycles. The van der Waals surface area contributed by atoms with Crippen LogP contribution in [0.1, 0.15) is 34.6 Å². The van der Waals surface area contributed by atoms with E-state index in [1.807, 2.05) is 39.2 Å². The van der Waals surface area contributed by atoms with Gasteiger partial charge in [0.15, 0.2) is 0 Å². The molecule has 0 N–H and O–H groups in total. The van der Waals surface area contributed by atoms with Gasteiger partial charge in [-0.3, -0.25) is 14.6 Å². The maximum Gasteiger partial charge on any atom is 0.274 e. The zero-order valence-corrected chi connectivity index (χ0v) is 19.5. The van der Waals surface area contributed by atoms with E-state index in [2.05, 4.69) is 46.4 Å². The summed E-state index contributed by atoms with van der Waals surface area (Å²) in [5.74, 6) is -0.00526. The molecule has 6 heteroatoms. The summed E-state index contributed by atoms with van der Waals surface area (Å²) in [4.78, 5) is 38.2. The highest BCUT2D eigenvalue weighted by Crippen LogP contribution is 2.38. The van der Waals surface area contributed by atoms with Gasteiger partial charge in [0, 0.05) is 33.4 Å². The Morgan fingerprint density at radius 2 is 1.64 bits per heavy atom. The second-order valence-corrected chi connectivity index (χ2v) is 9.06. The first-order valence-electron chi connectivity index (χ1n) is 11.3. The molecular weight excluding hydrogens is 412 g/mol. The van der Waals surface area contributed by atoms with Gasteiger partial charge in [-0.25, -0.2) is 4.98 Å². The molecule has 170 valence electrons. The lowest BCUT2D eigenvalue weighted by atomic mass is 9.72. The highest BCUT2D eigenvalue weighted by molar-refractivity contribution is 5.92. The van der Waals surface area contributed by atoms with Crippen LogP contribution in [0.15, 0.2) is 67.0 Å². The van der Waals surface area contributed by atoms with Gasteiger partial charge in [0.25, 0.3) is 5.91 Å². The standard InChI is InChI=1S/C27H30N4O2/c1-20-18-29-24(19-28-20)25(32)31-14-12-27(13-15-31,26(33)30(2)3)17-21-8-7-11-23(16-21)22-9-5-4-6-10-22/h4-11,16,18-19H,12-15,17H2,1-3H3. The molecule has 1 aliphatic rings. The second kappa shape index (κ2) is 9.53. The summed E-state index contributed by atoms with van der Waals surface area (Å²) in [5.41, 5.74) is 4.03. The molecule has 33 heavy (non-hydrogen) atoms. The van der Waals surface area contributed by atoms with Crippen LogP contribution >= 0.6 is 0 Å². The first-order chi connectivity index (χ1) is 15.9. The molecule has 4 rings (SSSR count). The third kappa shape index (κ3) is 4.95. The minimum absolute atomic E-state index is 0.120. The van der Waals surface area contributed by atoms with E-state index in [9.17, 15) is 9.59 Å². The lowest BCUT2D eigenvalue weighted by molar-refractivity contribution is -0.142. The molecule has 0 bridgehead atoms. The summed E-state index contributed by atoms with van der Waals surface area (Å²) < 4.78 is 0. The number of rotatable bonds is 5. The second-order valence-electron chi connectivity index (χ2n) is 9.06. The first-order valence-corrected chi connectivity index (χ1v) is 11.3. The molecule has 2 heterocycles. The van der Waals surface area contributed by atoms with E-state index in [4.69, 9.17) is 0 Å². The van der Waals surface area contributed by atoms with Crippen molar-refractivity contribution in [2.75, 3.05) is 27.2 Å². The first kappa shape index (κ1) is 22.6. The van der Waals surface area contributed by atoms with Gasteiger partial charge in [0.1, 0.15) is 5.69 Å². The molecule has 0 atom stereocenters. The van der Waals surface area contributed by atoms with Crippen LogP contribution in [0.2, 0.25) is 0 Å². The van der Waals surface area contributed by atoms with Crippen LogP contribution in [-0.2, 0) is 11.2 Å². The topological polar surface area (TPSA) is 66.4 Å². The summed E-state index contributed by atoms with van der Waals surface area (Å²) >= 11 is 0. The number of aryl methyl sites for hydroxylation is 1. The highest BCUT2D eigenvalue weighted by Gasteiger charge is 2.43. The minimum atomic E-state index is -0.533. The van der Waals surface area contributed by atoms with Gasteiger partial charge in [0.2, 0.25) is 5.91 Å². The van der Waals surface area contributed by atoms with Crippen LogP contribution in [0.3, 0.4) is 0 Å². The van der Waals surface area contributed by atoms with Crippen molar-refractivity contribution in [1.29, 1.82) is 0 Å². The van der Waals surface area contributed by atoms with Crippen molar-refractivity contribution >= 4 is 11.8 Å². The smallest absolute Gasteiger partial charge is 0.274 e. The summed E-state index contributed by atoms with van der Waals surface area (Å²) in [7, 11) is 3.62. The molecule has 2 aromatic carbocycles. The van der Waals surface area contributed by atoms with E-state index in [1.165, 1.54) is 6.20 Å². The van der Waals surface area contributed by atoms with Gasteiger partial charge in [-0.05, 0) is 42.9 Å². The van der Waals surface area contributed by atoms with Crippen LogP contribution in [0, 0.1) is 12.3 Å². The number of benzene rings is 2. The Morgan fingerprint density at radius 1 is 0.939 bits per heavy atom. The monoisotopic (exact) mass is 442 g/mol. The Balaban J connectivity index is 1.54. The van der Waals surface area contributed by atoms with E-state index >= 15 is 0 Å². The Morgan fingerprint density at radius 3 is 2.27 bits per heavy atom. The number of nitrogens with zero attached hydrogens (tertiary/aromatic N) is 4. The van der Waals surface area contributed by atoms with Gasteiger partial charge < -0.3 is 9.80 Å². The molecule has 0 radical (unpaired) electrons. The van der Waals surface area contributed by atoms with Crippen LogP contribution < -0.4 is 0 Å².